The minimum Gasteiger partial charge on any atom is -0.465 e. The third-order valence-electron chi connectivity index (χ3n) is 6.17. The molecule has 0 aliphatic carbocycles. The van der Waals surface area contributed by atoms with Crippen molar-refractivity contribution in [1.29, 1.82) is 0 Å². The molecule has 1 saturated heterocycles. The molecule has 0 N–H and O–H groups in total. The molecule has 3 heterocycles. The van der Waals surface area contributed by atoms with Gasteiger partial charge in [-0.2, -0.15) is 0 Å². The molecule has 0 radical (unpaired) electrons. The monoisotopic (exact) mass is 513 g/mol. The number of methoxy groups -OCH3 is 1. The Morgan fingerprint density at radius 3 is 2.69 bits per heavy atom. The van der Waals surface area contributed by atoms with Crippen LogP contribution in [0.15, 0.2) is 41.4 Å². The maximum atomic E-state index is 15.2. The molecular weight excluding hydrogens is 481 g/mol. The number of imidazole rings is 1. The van der Waals surface area contributed by atoms with Gasteiger partial charge in [0.2, 0.25) is 5.91 Å². The number of carbonyl (C=O) groups is 2. The van der Waals surface area contributed by atoms with Crippen LogP contribution in [0.2, 0.25) is 0 Å². The maximum Gasteiger partial charge on any atom is 0.337 e. The first-order chi connectivity index (χ1) is 17.1. The highest BCUT2D eigenvalue weighted by Gasteiger charge is 2.29. The van der Waals surface area contributed by atoms with Crippen molar-refractivity contribution in [2.24, 2.45) is 5.41 Å². The predicted molar refractivity (Wildman–Crippen MR) is 138 cm³/mol. The van der Waals surface area contributed by atoms with Crippen molar-refractivity contribution in [2.75, 3.05) is 33.1 Å². The number of halogens is 1. The number of esters is 1. The number of benzene rings is 1. The molecule has 0 unspecified atom stereocenters. The lowest BCUT2D eigenvalue weighted by atomic mass is 9.91. The summed E-state index contributed by atoms with van der Waals surface area (Å²) in [6.07, 6.45) is 4.58. The van der Waals surface area contributed by atoms with Crippen molar-refractivity contribution in [3.8, 4) is 11.3 Å². The van der Waals surface area contributed by atoms with Gasteiger partial charge in [0, 0.05) is 42.6 Å². The van der Waals surface area contributed by atoms with E-state index < -0.39 is 11.8 Å². The van der Waals surface area contributed by atoms with Gasteiger partial charge >= 0.3 is 5.97 Å². The Morgan fingerprint density at radius 2 is 2.03 bits per heavy atom. The van der Waals surface area contributed by atoms with E-state index in [9.17, 15) is 9.59 Å². The first kappa shape index (κ1) is 26.2. The Morgan fingerprint density at radius 1 is 1.25 bits per heavy atom. The Labute approximate surface area is 215 Å². The Kier molecular flexibility index (Phi) is 7.70. The summed E-state index contributed by atoms with van der Waals surface area (Å²) < 4.78 is 28.0. The average molecular weight is 514 g/mol. The van der Waals surface area contributed by atoms with Gasteiger partial charge in [-0.1, -0.05) is 20.8 Å². The van der Waals surface area contributed by atoms with E-state index in [1.807, 2.05) is 33.9 Å². The van der Waals surface area contributed by atoms with E-state index in [4.69, 9.17) is 14.5 Å². The molecule has 3 aromatic rings. The van der Waals surface area contributed by atoms with Gasteiger partial charge in [0.1, 0.15) is 11.5 Å². The quantitative estimate of drug-likeness (QED) is 0.346. The van der Waals surface area contributed by atoms with Crippen LogP contribution in [0, 0.1) is 11.2 Å². The van der Waals surface area contributed by atoms with Crippen molar-refractivity contribution in [3.63, 3.8) is 0 Å². The zero-order valence-corrected chi connectivity index (χ0v) is 22.2. The van der Waals surface area contributed by atoms with Crippen LogP contribution in [0.3, 0.4) is 0 Å². The van der Waals surface area contributed by atoms with Crippen LogP contribution in [-0.4, -0.2) is 65.3 Å². The topological polar surface area (TPSA) is 73.1 Å². The highest BCUT2D eigenvalue weighted by molar-refractivity contribution is 7.98. The fraction of sp³-hybridized carbons (Fsp3) is 0.444. The summed E-state index contributed by atoms with van der Waals surface area (Å²) in [6.45, 7) is 7.63. The molecule has 0 bridgehead atoms. The van der Waals surface area contributed by atoms with Gasteiger partial charge in [0.15, 0.2) is 0 Å². The van der Waals surface area contributed by atoms with E-state index in [0.29, 0.717) is 49.4 Å². The second kappa shape index (κ2) is 10.6. The van der Waals surface area contributed by atoms with Crippen LogP contribution >= 0.6 is 11.8 Å². The number of amides is 1. The van der Waals surface area contributed by atoms with Crippen molar-refractivity contribution in [3.05, 3.63) is 53.6 Å². The molecule has 0 spiro atoms. The smallest absolute Gasteiger partial charge is 0.337 e. The van der Waals surface area contributed by atoms with Crippen LogP contribution in [0.4, 0.5) is 4.39 Å². The lowest BCUT2D eigenvalue weighted by molar-refractivity contribution is -0.140. The second-order valence-electron chi connectivity index (χ2n) is 10.2. The highest BCUT2D eigenvalue weighted by atomic mass is 32.2. The first-order valence-electron chi connectivity index (χ1n) is 11.9. The zero-order chi connectivity index (χ0) is 26.0. The Bertz CT molecular complexity index is 1280. The molecular formula is C27H32FN3O4S. The van der Waals surface area contributed by atoms with Gasteiger partial charge in [-0.05, 0) is 42.0 Å². The van der Waals surface area contributed by atoms with E-state index in [-0.39, 0.29) is 23.0 Å². The third-order valence-corrected chi connectivity index (χ3v) is 6.90. The number of rotatable bonds is 6. The SMILES string of the molecule is COC(=O)c1ccc(-c2nc3cc(SC)ccn3c2C[C@H]2CN(C(=O)CC(C)(C)C)CCO2)c(F)c1. The van der Waals surface area contributed by atoms with Crippen molar-refractivity contribution in [2.45, 2.75) is 44.6 Å². The third kappa shape index (κ3) is 5.73. The number of aromatic nitrogens is 2. The average Bonchev–Trinajstić information content (AvgIpc) is 3.19. The van der Waals surface area contributed by atoms with Crippen LogP contribution in [0.5, 0.6) is 0 Å². The first-order valence-corrected chi connectivity index (χ1v) is 13.1. The van der Waals surface area contributed by atoms with E-state index in [2.05, 4.69) is 20.8 Å². The van der Waals surface area contributed by atoms with Gasteiger partial charge in [-0.25, -0.2) is 14.2 Å². The summed E-state index contributed by atoms with van der Waals surface area (Å²) in [7, 11) is 1.26. The molecule has 1 aromatic carbocycles. The summed E-state index contributed by atoms with van der Waals surface area (Å²) >= 11 is 1.60. The predicted octanol–water partition coefficient (Wildman–Crippen LogP) is 4.86. The number of hydrogen-bond donors (Lipinski definition) is 0. The van der Waals surface area contributed by atoms with E-state index in [1.165, 1.54) is 19.2 Å². The van der Waals surface area contributed by atoms with Gasteiger partial charge in [0.25, 0.3) is 0 Å². The fourth-order valence-electron chi connectivity index (χ4n) is 4.42. The number of carbonyl (C=O) groups excluding carboxylic acids is 2. The molecule has 4 rings (SSSR count). The van der Waals surface area contributed by atoms with E-state index in [1.54, 1.807) is 17.8 Å². The molecule has 1 aliphatic rings. The van der Waals surface area contributed by atoms with E-state index in [0.717, 1.165) is 10.6 Å². The zero-order valence-electron chi connectivity index (χ0n) is 21.3. The van der Waals surface area contributed by atoms with E-state index >= 15 is 4.39 Å². The standard InChI is InChI=1S/C27H32FN3O4S/c1-27(2,3)15-24(32)30-10-11-35-18(16-30)13-22-25(29-23-14-19(36-5)8-9-31(22)23)20-7-6-17(12-21(20)28)26(33)34-4/h6-9,12,14,18H,10-11,13,15-16H2,1-5H3/t18-/m0/s1. The number of nitrogens with zero attached hydrogens (tertiary/aromatic N) is 3. The molecule has 36 heavy (non-hydrogen) atoms. The summed E-state index contributed by atoms with van der Waals surface area (Å²) in [5, 5.41) is 0. The fourth-order valence-corrected chi connectivity index (χ4v) is 4.84. The number of thioether (sulfide) groups is 1. The molecule has 1 aliphatic heterocycles. The van der Waals surface area contributed by atoms with Gasteiger partial charge in [0.05, 0.1) is 36.8 Å². The Hall–Kier alpha value is -2.91. The minimum absolute atomic E-state index is 0.0947. The van der Waals surface area contributed by atoms with Crippen LogP contribution in [-0.2, 0) is 20.7 Å². The molecule has 9 heteroatoms. The largest absolute Gasteiger partial charge is 0.465 e. The lowest BCUT2D eigenvalue weighted by Crippen LogP contribution is -2.47. The van der Waals surface area contributed by atoms with Crippen molar-refractivity contribution >= 4 is 29.3 Å². The molecule has 1 amide bonds. The van der Waals surface area contributed by atoms with Crippen LogP contribution in [0.25, 0.3) is 16.9 Å². The van der Waals surface area contributed by atoms with Gasteiger partial charge < -0.3 is 18.8 Å². The van der Waals surface area contributed by atoms with Crippen molar-refractivity contribution < 1.29 is 23.5 Å². The van der Waals surface area contributed by atoms with Gasteiger partial charge in [-0.3, -0.25) is 4.79 Å². The molecule has 1 atom stereocenters. The highest BCUT2D eigenvalue weighted by Crippen LogP contribution is 2.31. The normalized spacial score (nSPS) is 16.4. The molecule has 0 saturated carbocycles. The number of morpholine rings is 1. The number of hydrogen-bond acceptors (Lipinski definition) is 6. The summed E-state index contributed by atoms with van der Waals surface area (Å²) in [4.78, 5) is 32.4. The Balaban J connectivity index is 1.69. The molecule has 1 fully saturated rings. The number of ether oxygens (including phenoxy) is 2. The number of pyridine rings is 1. The van der Waals surface area contributed by atoms with Crippen molar-refractivity contribution in [1.82, 2.24) is 14.3 Å². The lowest BCUT2D eigenvalue weighted by Gasteiger charge is -2.34. The summed E-state index contributed by atoms with van der Waals surface area (Å²) in [6, 6.07) is 8.22. The molecule has 2 aromatic heterocycles. The summed E-state index contributed by atoms with van der Waals surface area (Å²) in [5.41, 5.74) is 2.31. The number of fused-ring (bicyclic) bond motifs is 1. The second-order valence-corrected chi connectivity index (χ2v) is 11.0. The van der Waals surface area contributed by atoms with Crippen LogP contribution in [0.1, 0.15) is 43.2 Å². The molecule has 192 valence electrons. The summed E-state index contributed by atoms with van der Waals surface area (Å²) in [5.74, 6) is -1.04. The minimum atomic E-state index is -0.601. The molecule has 7 nitrogen and oxygen atoms in total. The van der Waals surface area contributed by atoms with Crippen LogP contribution < -0.4 is 0 Å². The van der Waals surface area contributed by atoms with Gasteiger partial charge in [-0.15, -0.1) is 11.8 Å². The maximum absolute atomic E-state index is 15.2.